The predicted octanol–water partition coefficient (Wildman–Crippen LogP) is 5.08. The molecule has 18 nitrogen and oxygen atoms in total. The van der Waals surface area contributed by atoms with Crippen molar-refractivity contribution in [1.29, 1.82) is 0 Å². The first-order valence-electron chi connectivity index (χ1n) is 26.7. The number of nitrogens with two attached hydrogens (primary N) is 1. The molecular weight excluding hydrogens is 972 g/mol. The molecule has 0 bridgehead atoms. The number of carbonyl (C=O) groups is 8. The average Bonchev–Trinajstić information content (AvgIpc) is 4.14. The second-order valence-corrected chi connectivity index (χ2v) is 19.7. The summed E-state index contributed by atoms with van der Waals surface area (Å²) in [4.78, 5) is 117. The van der Waals surface area contributed by atoms with Crippen LogP contribution in [0.25, 0.3) is 0 Å². The van der Waals surface area contributed by atoms with Crippen molar-refractivity contribution in [2.75, 3.05) is 46.3 Å². The third-order valence-corrected chi connectivity index (χ3v) is 13.9. The van der Waals surface area contributed by atoms with E-state index in [1.165, 1.54) is 36.7 Å². The van der Waals surface area contributed by atoms with E-state index in [0.717, 1.165) is 24.0 Å². The fourth-order valence-corrected chi connectivity index (χ4v) is 9.82. The van der Waals surface area contributed by atoms with Crippen LogP contribution in [-0.4, -0.2) is 125 Å². The maximum atomic E-state index is 14.1. The summed E-state index contributed by atoms with van der Waals surface area (Å²) in [7, 11) is 1.65. The molecule has 6 rings (SSSR count). The highest BCUT2D eigenvalue weighted by atomic mass is 19.1. The van der Waals surface area contributed by atoms with Gasteiger partial charge in [-0.3, -0.25) is 48.3 Å². The second kappa shape index (κ2) is 29.7. The van der Waals surface area contributed by atoms with E-state index in [4.69, 9.17) is 5.73 Å². The summed E-state index contributed by atoms with van der Waals surface area (Å²) in [6.45, 7) is 3.50. The number of rotatable bonds is 29. The highest BCUT2D eigenvalue weighted by molar-refractivity contribution is 6.09. The van der Waals surface area contributed by atoms with Gasteiger partial charge in [-0.15, -0.1) is 0 Å². The van der Waals surface area contributed by atoms with E-state index < -0.39 is 23.8 Å². The Morgan fingerprint density at radius 3 is 1.51 bits per heavy atom. The van der Waals surface area contributed by atoms with Crippen molar-refractivity contribution in [1.82, 2.24) is 46.4 Å². The Labute approximate surface area is 444 Å². The van der Waals surface area contributed by atoms with E-state index in [-0.39, 0.29) is 66.3 Å². The first-order chi connectivity index (χ1) is 36.8. The summed E-state index contributed by atoms with van der Waals surface area (Å²) in [5.41, 5.74) is 9.76. The number of aromatic nitrogens is 2. The standard InChI is InChI=1S/C57H73FN10O8/c1-38-18-20-39(21-19-38)54(73)43-30-41(33-61-35-43)48-14-10-28-67(48)56(75)46(65-52(71)32-59)12-6-8-26-63-50(69)16-4-3-5-17-51(70)64-27-9-7-13-47(66-53(72)37-60-2)57(76)68-29-11-15-49(68)42-31-44(36-62-34-42)55(74)40-22-24-45(58)25-23-40/h18-25,30-31,33-36,46-49,60H,3-17,26-29,32,37,59H2,1-2H3,(H,63,69)(H,64,70)(H,65,71)(H,66,72)/t46-,47?,48?,49?/m0/s1. The first kappa shape index (κ1) is 58.0. The SMILES string of the molecule is CNCC(=O)NC(CCCCNC(=O)CCCCCC(=O)NCCCC[C@H](NC(=O)CN)C(=O)N1CCCC1c1cncc(C(=O)c2ccc(C)cc2)c1)C(=O)N1CCCC1c1cncc(C(=O)c2ccc(F)cc2)c1. The summed E-state index contributed by atoms with van der Waals surface area (Å²) in [5.74, 6) is -2.34. The Morgan fingerprint density at radius 2 is 1.05 bits per heavy atom. The van der Waals surface area contributed by atoms with Gasteiger partial charge in [0, 0.05) is 86.1 Å². The number of amides is 6. The van der Waals surface area contributed by atoms with E-state index in [2.05, 4.69) is 36.6 Å². The number of unbranched alkanes of at least 4 members (excludes halogenated alkanes) is 4. The molecule has 0 saturated carbocycles. The summed E-state index contributed by atoms with van der Waals surface area (Å²) in [6.07, 6.45) is 14.7. The molecule has 4 heterocycles. The normalized spacial score (nSPS) is 15.9. The molecule has 2 aliphatic heterocycles. The number of likely N-dealkylation sites (tertiary alicyclic amines) is 2. The monoisotopic (exact) mass is 1040 g/mol. The lowest BCUT2D eigenvalue weighted by Gasteiger charge is -2.30. The number of carbonyl (C=O) groups excluding carboxylic acids is 8. The topological polar surface area (TPSA) is 255 Å². The maximum absolute atomic E-state index is 14.1. The summed E-state index contributed by atoms with van der Waals surface area (Å²) in [5, 5.41) is 14.3. The van der Waals surface area contributed by atoms with E-state index in [9.17, 15) is 42.7 Å². The minimum absolute atomic E-state index is 0.0366. The minimum atomic E-state index is -0.804. The Bertz CT molecular complexity index is 2630. The molecule has 406 valence electrons. The smallest absolute Gasteiger partial charge is 0.245 e. The number of likely N-dealkylation sites (N-methyl/N-ethyl adjacent to an activating group) is 1. The van der Waals surface area contributed by atoms with Crippen molar-refractivity contribution in [3.05, 3.63) is 130 Å². The quantitative estimate of drug-likeness (QED) is 0.0308. The molecular formula is C57H73FN10O8. The highest BCUT2D eigenvalue weighted by Gasteiger charge is 2.36. The lowest BCUT2D eigenvalue weighted by Crippen LogP contribution is -2.50. The molecule has 2 aliphatic rings. The summed E-state index contributed by atoms with van der Waals surface area (Å²) >= 11 is 0. The van der Waals surface area contributed by atoms with E-state index in [1.54, 1.807) is 53.5 Å². The molecule has 2 aromatic heterocycles. The fourth-order valence-electron chi connectivity index (χ4n) is 9.82. The molecule has 3 unspecified atom stereocenters. The zero-order valence-corrected chi connectivity index (χ0v) is 43.8. The van der Waals surface area contributed by atoms with Gasteiger partial charge in [0.1, 0.15) is 17.9 Å². The van der Waals surface area contributed by atoms with Crippen LogP contribution < -0.4 is 32.3 Å². The molecule has 0 radical (unpaired) electrons. The number of nitrogens with zero attached hydrogens (tertiary/aromatic N) is 4. The van der Waals surface area contributed by atoms with Crippen LogP contribution in [0.4, 0.5) is 4.39 Å². The second-order valence-electron chi connectivity index (χ2n) is 19.7. The van der Waals surface area contributed by atoms with Crippen LogP contribution in [0, 0.1) is 12.7 Å². The van der Waals surface area contributed by atoms with Crippen molar-refractivity contribution in [3.8, 4) is 0 Å². The van der Waals surface area contributed by atoms with Gasteiger partial charge in [-0.05, 0) is 139 Å². The average molecular weight is 1050 g/mol. The van der Waals surface area contributed by atoms with Crippen LogP contribution in [0.2, 0.25) is 0 Å². The Balaban J connectivity index is 0.861. The largest absolute Gasteiger partial charge is 0.356 e. The Hall–Kier alpha value is -7.25. The number of halogens is 1. The third-order valence-electron chi connectivity index (χ3n) is 13.9. The molecule has 19 heteroatoms. The van der Waals surface area contributed by atoms with Gasteiger partial charge in [-0.1, -0.05) is 36.2 Å². The van der Waals surface area contributed by atoms with Gasteiger partial charge in [0.25, 0.3) is 0 Å². The van der Waals surface area contributed by atoms with Crippen LogP contribution in [0.5, 0.6) is 0 Å². The van der Waals surface area contributed by atoms with Crippen LogP contribution in [-0.2, 0) is 28.8 Å². The molecule has 7 N–H and O–H groups in total. The molecule has 2 saturated heterocycles. The number of hydrogen-bond acceptors (Lipinski definition) is 12. The minimum Gasteiger partial charge on any atom is -0.356 e. The van der Waals surface area contributed by atoms with Crippen LogP contribution in [0.3, 0.4) is 0 Å². The maximum Gasteiger partial charge on any atom is 0.245 e. The predicted molar refractivity (Wildman–Crippen MR) is 284 cm³/mol. The van der Waals surface area contributed by atoms with Crippen LogP contribution >= 0.6 is 0 Å². The van der Waals surface area contributed by atoms with Crippen LogP contribution in [0.15, 0.2) is 85.5 Å². The molecule has 6 amide bonds. The van der Waals surface area contributed by atoms with Gasteiger partial charge in [-0.25, -0.2) is 4.39 Å². The number of pyridine rings is 2. The third kappa shape index (κ3) is 17.1. The number of hydrogen-bond donors (Lipinski definition) is 6. The van der Waals surface area contributed by atoms with Gasteiger partial charge in [0.2, 0.25) is 35.4 Å². The van der Waals surface area contributed by atoms with Gasteiger partial charge in [0.05, 0.1) is 25.2 Å². The molecule has 2 fully saturated rings. The Morgan fingerprint density at radius 1 is 0.592 bits per heavy atom. The first-order valence-corrected chi connectivity index (χ1v) is 26.7. The zero-order chi connectivity index (χ0) is 54.4. The number of aryl methyl sites for hydroxylation is 1. The fraction of sp³-hybridized carbons (Fsp3) is 0.474. The summed E-state index contributed by atoms with van der Waals surface area (Å²) < 4.78 is 13.5. The number of benzene rings is 2. The van der Waals surface area contributed by atoms with Crippen molar-refractivity contribution in [3.63, 3.8) is 0 Å². The van der Waals surface area contributed by atoms with Crippen LogP contribution in [0.1, 0.15) is 157 Å². The van der Waals surface area contributed by atoms with Crippen molar-refractivity contribution in [2.45, 2.75) is 127 Å². The van der Waals surface area contributed by atoms with Crippen molar-refractivity contribution >= 4 is 47.0 Å². The summed E-state index contributed by atoms with van der Waals surface area (Å²) in [6, 6.07) is 13.9. The molecule has 4 atom stereocenters. The van der Waals surface area contributed by atoms with Crippen molar-refractivity contribution in [2.24, 2.45) is 5.73 Å². The highest BCUT2D eigenvalue weighted by Crippen LogP contribution is 2.35. The lowest BCUT2D eigenvalue weighted by atomic mass is 9.99. The van der Waals surface area contributed by atoms with Gasteiger partial charge >= 0.3 is 0 Å². The molecule has 0 spiro atoms. The molecule has 4 aromatic rings. The lowest BCUT2D eigenvalue weighted by molar-refractivity contribution is -0.137. The number of nitrogens with one attached hydrogen (secondary N) is 5. The van der Waals surface area contributed by atoms with E-state index >= 15 is 0 Å². The molecule has 0 aliphatic carbocycles. The van der Waals surface area contributed by atoms with E-state index in [0.29, 0.717) is 137 Å². The van der Waals surface area contributed by atoms with E-state index in [1.807, 2.05) is 19.1 Å². The van der Waals surface area contributed by atoms with Gasteiger partial charge < -0.3 is 42.1 Å². The Kier molecular flexibility index (Phi) is 22.7. The van der Waals surface area contributed by atoms with Gasteiger partial charge in [-0.2, -0.15) is 0 Å². The van der Waals surface area contributed by atoms with Gasteiger partial charge in [0.15, 0.2) is 11.6 Å². The zero-order valence-electron chi connectivity index (χ0n) is 43.8. The molecule has 76 heavy (non-hydrogen) atoms. The molecule has 2 aromatic carbocycles. The number of ketones is 2. The van der Waals surface area contributed by atoms with Crippen molar-refractivity contribution < 1.29 is 42.7 Å².